The number of carbonyl (C=O) groups excluding carboxylic acids is 3. The molecule has 0 aliphatic carbocycles. The number of nitrogens with zero attached hydrogens (tertiary/aromatic N) is 2. The number of thiazole rings is 1. The second kappa shape index (κ2) is 11.4. The summed E-state index contributed by atoms with van der Waals surface area (Å²) in [5.74, 6) is -0.969. The second-order valence-corrected chi connectivity index (χ2v) is 8.37. The van der Waals surface area contributed by atoms with Crippen LogP contribution in [0.5, 0.6) is 0 Å². The number of rotatable bonds is 10. The first kappa shape index (κ1) is 24.2. The minimum Gasteiger partial charge on any atom is -0.462 e. The summed E-state index contributed by atoms with van der Waals surface area (Å²) in [5, 5.41) is 5.30. The van der Waals surface area contributed by atoms with Crippen LogP contribution in [0.25, 0.3) is 0 Å². The van der Waals surface area contributed by atoms with Crippen LogP contribution in [0.2, 0.25) is 0 Å². The number of esters is 2. The van der Waals surface area contributed by atoms with Crippen LogP contribution in [0.3, 0.4) is 0 Å². The fraction of sp³-hybridized carbons (Fsp3) is 0.333. The van der Waals surface area contributed by atoms with Crippen molar-refractivity contribution in [3.05, 3.63) is 75.0 Å². The van der Waals surface area contributed by atoms with Crippen molar-refractivity contribution >= 4 is 29.2 Å². The first-order valence-corrected chi connectivity index (χ1v) is 11.5. The van der Waals surface area contributed by atoms with Crippen LogP contribution in [0.15, 0.2) is 41.8 Å². The largest absolute Gasteiger partial charge is 0.462 e. The molecule has 0 bridgehead atoms. The molecule has 33 heavy (non-hydrogen) atoms. The summed E-state index contributed by atoms with van der Waals surface area (Å²) in [4.78, 5) is 40.9. The molecule has 0 aliphatic rings. The smallest absolute Gasteiger partial charge is 0.339 e. The van der Waals surface area contributed by atoms with Crippen LogP contribution in [-0.2, 0) is 45.2 Å². The van der Waals surface area contributed by atoms with Crippen LogP contribution < -0.4 is 5.32 Å². The van der Waals surface area contributed by atoms with E-state index in [2.05, 4.69) is 10.3 Å². The van der Waals surface area contributed by atoms with E-state index in [-0.39, 0.29) is 32.1 Å². The molecule has 0 saturated heterocycles. The molecule has 3 aromatic rings. The zero-order valence-corrected chi connectivity index (χ0v) is 19.7. The Kier molecular flexibility index (Phi) is 8.37. The normalized spacial score (nSPS) is 10.6. The molecule has 1 aromatic carbocycles. The SMILES string of the molecule is CCOC(=O)c1cc(C)n(CC(=O)OCc2csc(CC(=O)NCc3ccccc3)n2)c1C. The van der Waals surface area contributed by atoms with Crippen molar-refractivity contribution in [3.63, 3.8) is 0 Å². The third-order valence-corrected chi connectivity index (χ3v) is 5.88. The first-order chi connectivity index (χ1) is 15.9. The maximum atomic E-state index is 12.4. The van der Waals surface area contributed by atoms with Gasteiger partial charge in [-0.25, -0.2) is 9.78 Å². The Morgan fingerprint density at radius 1 is 1.12 bits per heavy atom. The number of carbonyl (C=O) groups is 3. The Hall–Kier alpha value is -3.46. The van der Waals surface area contributed by atoms with E-state index in [0.29, 0.717) is 28.5 Å². The second-order valence-electron chi connectivity index (χ2n) is 7.42. The van der Waals surface area contributed by atoms with Crippen LogP contribution >= 0.6 is 11.3 Å². The maximum Gasteiger partial charge on any atom is 0.339 e. The molecule has 2 aromatic heterocycles. The molecular weight excluding hydrogens is 442 g/mol. The average molecular weight is 470 g/mol. The lowest BCUT2D eigenvalue weighted by Gasteiger charge is -2.09. The standard InChI is InChI=1S/C24H27N3O5S/c1-4-31-24(30)20-10-16(2)27(17(20)3)13-23(29)32-14-19-15-33-22(26-19)11-21(28)25-12-18-8-6-5-7-9-18/h5-10,15H,4,11-14H2,1-3H3,(H,25,28). The Morgan fingerprint density at radius 3 is 2.61 bits per heavy atom. The fourth-order valence-electron chi connectivity index (χ4n) is 3.28. The van der Waals surface area contributed by atoms with Gasteiger partial charge in [0.15, 0.2) is 0 Å². The van der Waals surface area contributed by atoms with Gasteiger partial charge in [0, 0.05) is 23.3 Å². The monoisotopic (exact) mass is 469 g/mol. The van der Waals surface area contributed by atoms with Gasteiger partial charge in [0.05, 0.1) is 24.3 Å². The number of aromatic nitrogens is 2. The van der Waals surface area contributed by atoms with Gasteiger partial charge >= 0.3 is 11.9 Å². The van der Waals surface area contributed by atoms with Crippen molar-refractivity contribution in [1.82, 2.24) is 14.9 Å². The molecule has 1 N–H and O–H groups in total. The number of amides is 1. The third-order valence-electron chi connectivity index (χ3n) is 4.98. The van der Waals surface area contributed by atoms with Gasteiger partial charge in [-0.3, -0.25) is 9.59 Å². The van der Waals surface area contributed by atoms with Crippen LogP contribution in [0.1, 0.15) is 44.9 Å². The minimum absolute atomic E-state index is 0.0179. The summed E-state index contributed by atoms with van der Waals surface area (Å²) in [7, 11) is 0. The van der Waals surface area contributed by atoms with Gasteiger partial charge in [0.25, 0.3) is 0 Å². The molecule has 1 amide bonds. The van der Waals surface area contributed by atoms with Crippen molar-refractivity contribution in [2.75, 3.05) is 6.61 Å². The van der Waals surface area contributed by atoms with Gasteiger partial charge in [-0.2, -0.15) is 0 Å². The lowest BCUT2D eigenvalue weighted by atomic mass is 10.2. The zero-order chi connectivity index (χ0) is 23.8. The van der Waals surface area contributed by atoms with Crippen molar-refractivity contribution in [1.29, 1.82) is 0 Å². The van der Waals surface area contributed by atoms with Crippen molar-refractivity contribution < 1.29 is 23.9 Å². The van der Waals surface area contributed by atoms with E-state index in [9.17, 15) is 14.4 Å². The number of nitrogens with one attached hydrogen (secondary N) is 1. The average Bonchev–Trinajstić information content (AvgIpc) is 3.36. The van der Waals surface area contributed by atoms with Crippen molar-refractivity contribution in [3.8, 4) is 0 Å². The van der Waals surface area contributed by atoms with E-state index < -0.39 is 11.9 Å². The van der Waals surface area contributed by atoms with E-state index in [1.54, 1.807) is 29.9 Å². The molecule has 0 fully saturated rings. The molecule has 0 unspecified atom stereocenters. The quantitative estimate of drug-likeness (QED) is 0.457. The van der Waals surface area contributed by atoms with Crippen LogP contribution in [0, 0.1) is 13.8 Å². The van der Waals surface area contributed by atoms with Gasteiger partial charge in [0.1, 0.15) is 18.2 Å². The molecular formula is C24H27N3O5S. The van der Waals surface area contributed by atoms with Crippen molar-refractivity contribution in [2.24, 2.45) is 0 Å². The topological polar surface area (TPSA) is 99.5 Å². The molecule has 8 nitrogen and oxygen atoms in total. The number of aryl methyl sites for hydroxylation is 1. The lowest BCUT2D eigenvalue weighted by Crippen LogP contribution is -2.24. The molecule has 3 rings (SSSR count). The van der Waals surface area contributed by atoms with Crippen LogP contribution in [0.4, 0.5) is 0 Å². The van der Waals surface area contributed by atoms with Gasteiger partial charge in [0.2, 0.25) is 5.91 Å². The summed E-state index contributed by atoms with van der Waals surface area (Å²) >= 11 is 1.35. The predicted octanol–water partition coefficient (Wildman–Crippen LogP) is 3.34. The van der Waals surface area contributed by atoms with E-state index >= 15 is 0 Å². The highest BCUT2D eigenvalue weighted by atomic mass is 32.1. The van der Waals surface area contributed by atoms with Crippen LogP contribution in [-0.4, -0.2) is 34.0 Å². The predicted molar refractivity (Wildman–Crippen MR) is 124 cm³/mol. The number of ether oxygens (including phenoxy) is 2. The molecule has 0 aliphatic heterocycles. The Balaban J connectivity index is 1.48. The molecule has 174 valence electrons. The summed E-state index contributed by atoms with van der Waals surface area (Å²) in [6.07, 6.45) is 0.170. The van der Waals surface area contributed by atoms with Gasteiger partial charge in [-0.1, -0.05) is 30.3 Å². The Morgan fingerprint density at radius 2 is 1.88 bits per heavy atom. The number of benzene rings is 1. The van der Waals surface area contributed by atoms with E-state index in [1.165, 1.54) is 11.3 Å². The fourth-order valence-corrected chi connectivity index (χ4v) is 4.06. The summed E-state index contributed by atoms with van der Waals surface area (Å²) in [5.41, 5.74) is 3.48. The zero-order valence-electron chi connectivity index (χ0n) is 18.9. The van der Waals surface area contributed by atoms with E-state index in [4.69, 9.17) is 9.47 Å². The summed E-state index contributed by atoms with van der Waals surface area (Å²) in [6, 6.07) is 11.4. The Labute approximate surface area is 196 Å². The summed E-state index contributed by atoms with van der Waals surface area (Å²) < 4.78 is 12.1. The Bertz CT molecular complexity index is 1120. The van der Waals surface area contributed by atoms with Gasteiger partial charge in [-0.15, -0.1) is 11.3 Å². The molecule has 2 heterocycles. The molecule has 0 saturated carbocycles. The third kappa shape index (κ3) is 6.76. The highest BCUT2D eigenvalue weighted by Gasteiger charge is 2.19. The lowest BCUT2D eigenvalue weighted by molar-refractivity contribution is -0.145. The molecule has 9 heteroatoms. The number of hydrogen-bond donors (Lipinski definition) is 1. The van der Waals surface area contributed by atoms with E-state index in [1.807, 2.05) is 37.3 Å². The molecule has 0 spiro atoms. The number of hydrogen-bond acceptors (Lipinski definition) is 7. The highest BCUT2D eigenvalue weighted by Crippen LogP contribution is 2.17. The minimum atomic E-state index is -0.442. The van der Waals surface area contributed by atoms with Crippen molar-refractivity contribution in [2.45, 2.75) is 46.9 Å². The van der Waals surface area contributed by atoms with Gasteiger partial charge in [-0.05, 0) is 32.4 Å². The molecule has 0 atom stereocenters. The first-order valence-electron chi connectivity index (χ1n) is 10.6. The highest BCUT2D eigenvalue weighted by molar-refractivity contribution is 7.09. The van der Waals surface area contributed by atoms with Gasteiger partial charge < -0.3 is 19.4 Å². The maximum absolute atomic E-state index is 12.4. The van der Waals surface area contributed by atoms with E-state index in [0.717, 1.165) is 11.3 Å². The summed E-state index contributed by atoms with van der Waals surface area (Å²) in [6.45, 7) is 6.08. The molecule has 0 radical (unpaired) electrons.